The van der Waals surface area contributed by atoms with E-state index in [1.807, 2.05) is 30.3 Å². The highest BCUT2D eigenvalue weighted by Crippen LogP contribution is 2.34. The van der Waals surface area contributed by atoms with E-state index in [-0.39, 0.29) is 12.3 Å². The molecule has 0 atom stereocenters. The van der Waals surface area contributed by atoms with Gasteiger partial charge in [0.1, 0.15) is 4.88 Å². The summed E-state index contributed by atoms with van der Waals surface area (Å²) in [5.74, 6) is -0.201. The third kappa shape index (κ3) is 3.85. The fraction of sp³-hybridized carbons (Fsp3) is 0.0526. The zero-order valence-electron chi connectivity index (χ0n) is 14.4. The van der Waals surface area contributed by atoms with E-state index in [1.54, 1.807) is 23.8 Å². The van der Waals surface area contributed by atoms with Gasteiger partial charge in [-0.25, -0.2) is 9.97 Å². The van der Waals surface area contributed by atoms with Crippen molar-refractivity contribution in [2.75, 3.05) is 5.32 Å². The summed E-state index contributed by atoms with van der Waals surface area (Å²) < 4.78 is 5.42. The number of primary amides is 1. The summed E-state index contributed by atoms with van der Waals surface area (Å²) in [6.07, 6.45) is 1.60. The first-order valence-electron chi connectivity index (χ1n) is 8.24. The van der Waals surface area contributed by atoms with Crippen molar-refractivity contribution >= 4 is 39.6 Å². The van der Waals surface area contributed by atoms with Crippen LogP contribution in [0.3, 0.4) is 0 Å². The summed E-state index contributed by atoms with van der Waals surface area (Å²) in [4.78, 5) is 33.2. The monoisotopic (exact) mass is 410 g/mol. The number of rotatable bonds is 6. The zero-order valence-corrected chi connectivity index (χ0v) is 16.0. The fourth-order valence-electron chi connectivity index (χ4n) is 2.55. The maximum absolute atomic E-state index is 12.9. The summed E-state index contributed by atoms with van der Waals surface area (Å²) >= 11 is 2.48. The average molecular weight is 410 g/mol. The maximum Gasteiger partial charge on any atom is 0.269 e. The van der Waals surface area contributed by atoms with E-state index in [1.165, 1.54) is 22.7 Å². The molecule has 0 aliphatic rings. The first kappa shape index (κ1) is 18.1. The minimum atomic E-state index is -0.472. The van der Waals surface area contributed by atoms with Crippen LogP contribution >= 0.6 is 22.7 Å². The summed E-state index contributed by atoms with van der Waals surface area (Å²) in [5, 5.41) is 5.48. The van der Waals surface area contributed by atoms with Gasteiger partial charge in [0.15, 0.2) is 15.9 Å². The fourth-order valence-corrected chi connectivity index (χ4v) is 4.21. The van der Waals surface area contributed by atoms with Crippen LogP contribution in [-0.2, 0) is 11.2 Å². The number of aromatic nitrogens is 2. The van der Waals surface area contributed by atoms with Crippen LogP contribution in [0.1, 0.15) is 15.4 Å². The number of carbonyl (C=O) groups is 2. The minimum Gasteiger partial charge on any atom is -0.462 e. The molecule has 0 unspecified atom stereocenters. The van der Waals surface area contributed by atoms with Gasteiger partial charge in [-0.05, 0) is 12.1 Å². The van der Waals surface area contributed by atoms with Crippen molar-refractivity contribution in [1.29, 1.82) is 0 Å². The third-order valence-corrected chi connectivity index (χ3v) is 5.62. The molecule has 3 heterocycles. The lowest BCUT2D eigenvalue weighted by atomic mass is 10.1. The van der Waals surface area contributed by atoms with Crippen LogP contribution in [0.4, 0.5) is 5.13 Å². The van der Waals surface area contributed by atoms with Crippen LogP contribution < -0.4 is 11.1 Å². The molecule has 4 aromatic rings. The quantitative estimate of drug-likeness (QED) is 0.502. The molecule has 9 heteroatoms. The number of hydrogen-bond acceptors (Lipinski definition) is 7. The molecule has 0 saturated heterocycles. The van der Waals surface area contributed by atoms with Gasteiger partial charge in [-0.1, -0.05) is 30.3 Å². The van der Waals surface area contributed by atoms with Crippen LogP contribution in [0.2, 0.25) is 0 Å². The van der Waals surface area contributed by atoms with Crippen molar-refractivity contribution < 1.29 is 14.0 Å². The Morgan fingerprint density at radius 2 is 1.93 bits per heavy atom. The molecule has 28 heavy (non-hydrogen) atoms. The number of nitrogens with one attached hydrogen (secondary N) is 1. The van der Waals surface area contributed by atoms with Crippen molar-refractivity contribution in [2.45, 2.75) is 6.42 Å². The van der Waals surface area contributed by atoms with Crippen molar-refractivity contribution in [1.82, 2.24) is 9.97 Å². The lowest BCUT2D eigenvalue weighted by Crippen LogP contribution is -2.14. The van der Waals surface area contributed by atoms with E-state index in [9.17, 15) is 9.59 Å². The normalized spacial score (nSPS) is 10.7. The van der Waals surface area contributed by atoms with Crippen molar-refractivity contribution in [3.05, 3.63) is 64.7 Å². The number of hydrogen-bond donors (Lipinski definition) is 2. The molecule has 0 aliphatic heterocycles. The summed E-state index contributed by atoms with van der Waals surface area (Å²) in [7, 11) is 0. The number of benzene rings is 1. The van der Waals surface area contributed by atoms with Gasteiger partial charge in [0.2, 0.25) is 5.91 Å². The summed E-state index contributed by atoms with van der Waals surface area (Å²) in [5.41, 5.74) is 7.11. The molecule has 3 aromatic heterocycles. The second-order valence-corrected chi connectivity index (χ2v) is 7.64. The van der Waals surface area contributed by atoms with Gasteiger partial charge in [-0.15, -0.1) is 22.7 Å². The molecule has 0 saturated carbocycles. The molecule has 0 radical (unpaired) electrons. The number of amides is 2. The Kier molecular flexibility index (Phi) is 5.00. The summed E-state index contributed by atoms with van der Waals surface area (Å²) in [6.45, 7) is 0. The Labute approximate surface area is 167 Å². The van der Waals surface area contributed by atoms with Crippen LogP contribution in [0.15, 0.2) is 58.5 Å². The SMILES string of the molecule is NC(=O)Cc1csc(NC(=O)c2sc(-c3ccco3)nc2-c2ccccc2)n1. The molecule has 0 bridgehead atoms. The molecule has 0 aliphatic carbocycles. The van der Waals surface area contributed by atoms with Crippen LogP contribution in [-0.4, -0.2) is 21.8 Å². The smallest absolute Gasteiger partial charge is 0.269 e. The highest BCUT2D eigenvalue weighted by molar-refractivity contribution is 7.17. The molecule has 0 fully saturated rings. The Bertz CT molecular complexity index is 1120. The number of anilines is 1. The highest BCUT2D eigenvalue weighted by atomic mass is 32.1. The Morgan fingerprint density at radius 1 is 1.11 bits per heavy atom. The van der Waals surface area contributed by atoms with Gasteiger partial charge < -0.3 is 10.2 Å². The van der Waals surface area contributed by atoms with Crippen molar-refractivity contribution in [3.63, 3.8) is 0 Å². The van der Waals surface area contributed by atoms with Crippen LogP contribution in [0, 0.1) is 0 Å². The van der Waals surface area contributed by atoms with E-state index in [2.05, 4.69) is 15.3 Å². The lowest BCUT2D eigenvalue weighted by Gasteiger charge is -2.02. The standard InChI is InChI=1S/C19H14N4O3S2/c20-14(24)9-12-10-27-19(21-12)23-17(25)16-15(11-5-2-1-3-6-11)22-18(28-16)13-7-4-8-26-13/h1-8,10H,9H2,(H2,20,24)(H,21,23,25). The molecule has 140 valence electrons. The molecular formula is C19H14N4O3S2. The minimum absolute atomic E-state index is 0.0326. The van der Waals surface area contributed by atoms with E-state index in [4.69, 9.17) is 10.2 Å². The van der Waals surface area contributed by atoms with Crippen molar-refractivity contribution in [2.24, 2.45) is 5.73 Å². The second kappa shape index (κ2) is 7.75. The summed E-state index contributed by atoms with van der Waals surface area (Å²) in [6, 6.07) is 13.0. The Hall–Kier alpha value is -3.30. The molecule has 0 spiro atoms. The van der Waals surface area contributed by atoms with Gasteiger partial charge in [0, 0.05) is 10.9 Å². The third-order valence-electron chi connectivity index (χ3n) is 3.74. The van der Waals surface area contributed by atoms with E-state index < -0.39 is 5.91 Å². The van der Waals surface area contributed by atoms with Gasteiger partial charge >= 0.3 is 0 Å². The van der Waals surface area contributed by atoms with Gasteiger partial charge in [0.25, 0.3) is 5.91 Å². The number of carbonyl (C=O) groups excluding carboxylic acids is 2. The van der Waals surface area contributed by atoms with Crippen LogP contribution in [0.25, 0.3) is 22.0 Å². The van der Waals surface area contributed by atoms with E-state index in [0.717, 1.165) is 5.56 Å². The number of furan rings is 1. The predicted octanol–water partition coefficient (Wildman–Crippen LogP) is 3.81. The Balaban J connectivity index is 1.66. The van der Waals surface area contributed by atoms with Crippen LogP contribution in [0.5, 0.6) is 0 Å². The molecular weight excluding hydrogens is 396 g/mol. The lowest BCUT2D eigenvalue weighted by molar-refractivity contribution is -0.117. The number of nitrogens with two attached hydrogens (primary N) is 1. The average Bonchev–Trinajstić information content (AvgIpc) is 3.42. The van der Waals surface area contributed by atoms with Gasteiger partial charge in [0.05, 0.1) is 24.1 Å². The molecule has 3 N–H and O–H groups in total. The van der Waals surface area contributed by atoms with E-state index in [0.29, 0.717) is 32.2 Å². The molecule has 2 amide bonds. The molecule has 1 aromatic carbocycles. The topological polar surface area (TPSA) is 111 Å². The molecule has 4 rings (SSSR count). The van der Waals surface area contributed by atoms with Gasteiger partial charge in [-0.2, -0.15) is 0 Å². The van der Waals surface area contributed by atoms with Crippen molar-refractivity contribution in [3.8, 4) is 22.0 Å². The largest absolute Gasteiger partial charge is 0.462 e. The van der Waals surface area contributed by atoms with Gasteiger partial charge in [-0.3, -0.25) is 14.9 Å². The predicted molar refractivity (Wildman–Crippen MR) is 108 cm³/mol. The Morgan fingerprint density at radius 3 is 2.64 bits per heavy atom. The number of thiazole rings is 2. The number of nitrogens with zero attached hydrogens (tertiary/aromatic N) is 2. The highest BCUT2D eigenvalue weighted by Gasteiger charge is 2.22. The van der Waals surface area contributed by atoms with E-state index >= 15 is 0 Å². The second-order valence-electron chi connectivity index (χ2n) is 5.78. The maximum atomic E-state index is 12.9. The molecule has 7 nitrogen and oxygen atoms in total. The first-order chi connectivity index (χ1) is 13.6. The first-order valence-corrected chi connectivity index (χ1v) is 9.94. The zero-order chi connectivity index (χ0) is 19.5.